The molecular weight excluding hydrogens is 811 g/mol. The average molecular weight is 854 g/mol. The Balaban J connectivity index is 1.02. The SMILES string of the molecule is c1ccc(-c2ccc(-c3cc(-c4ccc(-c5cc(-c6ccccc6)cc(-c6ccc7c(c6)c6ccccc6n7-c6ccccc6)c5-c5ccccc5)cc4)nc(-c4ccccc4)n3)cc2)cc1. The molecule has 0 aliphatic carbocycles. The van der Waals surface area contributed by atoms with Gasteiger partial charge in [0, 0.05) is 33.2 Å². The molecule has 0 aliphatic heterocycles. The van der Waals surface area contributed by atoms with Crippen LogP contribution in [0.4, 0.5) is 0 Å². The third kappa shape index (κ3) is 7.59. The predicted octanol–water partition coefficient (Wildman–Crippen LogP) is 16.9. The molecule has 0 bridgehead atoms. The van der Waals surface area contributed by atoms with Crippen molar-refractivity contribution >= 4 is 21.8 Å². The minimum atomic E-state index is 0.694. The van der Waals surface area contributed by atoms with E-state index in [9.17, 15) is 0 Å². The van der Waals surface area contributed by atoms with Gasteiger partial charge in [0.2, 0.25) is 0 Å². The quantitative estimate of drug-likeness (QED) is 0.145. The Hall–Kier alpha value is -8.92. The minimum absolute atomic E-state index is 0.694. The highest BCUT2D eigenvalue weighted by atomic mass is 15.0. The zero-order valence-electron chi connectivity index (χ0n) is 36.7. The van der Waals surface area contributed by atoms with Crippen molar-refractivity contribution in [3.8, 4) is 95.2 Å². The lowest BCUT2D eigenvalue weighted by Crippen LogP contribution is -1.96. The van der Waals surface area contributed by atoms with Crippen LogP contribution in [-0.4, -0.2) is 14.5 Å². The summed E-state index contributed by atoms with van der Waals surface area (Å²) in [7, 11) is 0. The third-order valence-electron chi connectivity index (χ3n) is 12.8. The van der Waals surface area contributed by atoms with E-state index in [0.717, 1.165) is 61.6 Å². The topological polar surface area (TPSA) is 30.7 Å². The van der Waals surface area contributed by atoms with E-state index in [1.807, 2.05) is 24.3 Å². The second kappa shape index (κ2) is 17.2. The summed E-state index contributed by atoms with van der Waals surface area (Å²) in [6.07, 6.45) is 0. The molecule has 0 aliphatic rings. The molecular formula is C64H43N3. The number of para-hydroxylation sites is 2. The van der Waals surface area contributed by atoms with Crippen LogP contribution in [0.5, 0.6) is 0 Å². The van der Waals surface area contributed by atoms with Gasteiger partial charge in [-0.15, -0.1) is 0 Å². The Bertz CT molecular complexity index is 3680. The highest BCUT2D eigenvalue weighted by molar-refractivity contribution is 6.11. The van der Waals surface area contributed by atoms with Gasteiger partial charge in [-0.3, -0.25) is 0 Å². The minimum Gasteiger partial charge on any atom is -0.309 e. The van der Waals surface area contributed by atoms with Gasteiger partial charge in [0.05, 0.1) is 22.4 Å². The van der Waals surface area contributed by atoms with Crippen LogP contribution in [0, 0.1) is 0 Å². The molecule has 0 N–H and O–H groups in total. The molecule has 0 saturated heterocycles. The number of benzene rings is 10. The fraction of sp³-hybridized carbons (Fsp3) is 0. The Morgan fingerprint density at radius 3 is 1.27 bits per heavy atom. The average Bonchev–Trinajstić information content (AvgIpc) is 3.75. The van der Waals surface area contributed by atoms with Gasteiger partial charge in [-0.2, -0.15) is 0 Å². The van der Waals surface area contributed by atoms with E-state index >= 15 is 0 Å². The first-order valence-electron chi connectivity index (χ1n) is 22.8. The monoisotopic (exact) mass is 853 g/mol. The van der Waals surface area contributed by atoms with Gasteiger partial charge in [-0.1, -0.05) is 212 Å². The van der Waals surface area contributed by atoms with Crippen molar-refractivity contribution in [3.63, 3.8) is 0 Å². The molecule has 2 aromatic heterocycles. The number of fused-ring (bicyclic) bond motifs is 3. The van der Waals surface area contributed by atoms with Crippen molar-refractivity contribution in [2.24, 2.45) is 0 Å². The summed E-state index contributed by atoms with van der Waals surface area (Å²) >= 11 is 0. The highest BCUT2D eigenvalue weighted by Gasteiger charge is 2.20. The molecule has 314 valence electrons. The molecule has 2 heterocycles. The largest absolute Gasteiger partial charge is 0.309 e. The lowest BCUT2D eigenvalue weighted by Gasteiger charge is -2.19. The maximum absolute atomic E-state index is 5.19. The fourth-order valence-electron chi connectivity index (χ4n) is 9.55. The van der Waals surface area contributed by atoms with Crippen LogP contribution in [0.1, 0.15) is 0 Å². The van der Waals surface area contributed by atoms with Gasteiger partial charge >= 0.3 is 0 Å². The maximum atomic E-state index is 5.19. The Morgan fingerprint density at radius 1 is 0.254 bits per heavy atom. The van der Waals surface area contributed by atoms with E-state index in [2.05, 4.69) is 241 Å². The van der Waals surface area contributed by atoms with Crippen molar-refractivity contribution < 1.29 is 0 Å². The molecule has 67 heavy (non-hydrogen) atoms. The summed E-state index contributed by atoms with van der Waals surface area (Å²) in [5.74, 6) is 0.694. The first kappa shape index (κ1) is 39.7. The Labute approximate surface area is 390 Å². The summed E-state index contributed by atoms with van der Waals surface area (Å²) in [4.78, 5) is 10.3. The zero-order valence-corrected chi connectivity index (χ0v) is 36.7. The van der Waals surface area contributed by atoms with E-state index < -0.39 is 0 Å². The first-order chi connectivity index (χ1) is 33.2. The summed E-state index contributed by atoms with van der Waals surface area (Å²) in [6, 6.07) is 93.2. The molecule has 3 heteroatoms. The molecule has 0 unspecified atom stereocenters. The lowest BCUT2D eigenvalue weighted by atomic mass is 9.84. The van der Waals surface area contributed by atoms with Gasteiger partial charge in [0.15, 0.2) is 5.82 Å². The van der Waals surface area contributed by atoms with Crippen LogP contribution in [0.2, 0.25) is 0 Å². The van der Waals surface area contributed by atoms with Gasteiger partial charge < -0.3 is 4.57 Å². The van der Waals surface area contributed by atoms with E-state index in [1.54, 1.807) is 0 Å². The lowest BCUT2D eigenvalue weighted by molar-refractivity contribution is 1.18. The van der Waals surface area contributed by atoms with Crippen molar-refractivity contribution in [1.82, 2.24) is 14.5 Å². The van der Waals surface area contributed by atoms with Crippen molar-refractivity contribution in [3.05, 3.63) is 261 Å². The smallest absolute Gasteiger partial charge is 0.160 e. The Kier molecular flexibility index (Phi) is 10.2. The summed E-state index contributed by atoms with van der Waals surface area (Å²) < 4.78 is 2.38. The van der Waals surface area contributed by atoms with E-state index in [4.69, 9.17) is 9.97 Å². The van der Waals surface area contributed by atoms with Crippen LogP contribution >= 0.6 is 0 Å². The van der Waals surface area contributed by atoms with Crippen molar-refractivity contribution in [1.29, 1.82) is 0 Å². The number of rotatable bonds is 9. The second-order valence-corrected chi connectivity index (χ2v) is 16.9. The molecule has 10 aromatic carbocycles. The molecule has 0 fully saturated rings. The van der Waals surface area contributed by atoms with Crippen LogP contribution in [-0.2, 0) is 0 Å². The molecule has 0 amide bonds. The second-order valence-electron chi connectivity index (χ2n) is 16.9. The summed E-state index contributed by atoms with van der Waals surface area (Å²) in [6.45, 7) is 0. The van der Waals surface area contributed by atoms with Gasteiger partial charge in [0.25, 0.3) is 0 Å². The summed E-state index contributed by atoms with van der Waals surface area (Å²) in [5.41, 5.74) is 20.0. The molecule has 0 spiro atoms. The summed E-state index contributed by atoms with van der Waals surface area (Å²) in [5, 5.41) is 2.45. The highest BCUT2D eigenvalue weighted by Crippen LogP contribution is 2.45. The molecule has 0 atom stereocenters. The van der Waals surface area contributed by atoms with E-state index in [1.165, 1.54) is 49.6 Å². The van der Waals surface area contributed by atoms with Crippen LogP contribution in [0.15, 0.2) is 261 Å². The van der Waals surface area contributed by atoms with Gasteiger partial charge in [-0.25, -0.2) is 9.97 Å². The predicted molar refractivity (Wildman–Crippen MR) is 280 cm³/mol. The van der Waals surface area contributed by atoms with Gasteiger partial charge in [-0.05, 0) is 104 Å². The first-order valence-corrected chi connectivity index (χ1v) is 22.8. The number of aromatic nitrogens is 3. The normalized spacial score (nSPS) is 11.3. The zero-order chi connectivity index (χ0) is 44.5. The fourth-order valence-corrected chi connectivity index (χ4v) is 9.55. The maximum Gasteiger partial charge on any atom is 0.160 e. The van der Waals surface area contributed by atoms with Crippen LogP contribution in [0.3, 0.4) is 0 Å². The third-order valence-corrected chi connectivity index (χ3v) is 12.8. The number of hydrogen-bond acceptors (Lipinski definition) is 2. The number of nitrogens with zero attached hydrogens (tertiary/aromatic N) is 3. The molecule has 0 radical (unpaired) electrons. The van der Waals surface area contributed by atoms with E-state index in [-0.39, 0.29) is 0 Å². The molecule has 3 nitrogen and oxygen atoms in total. The number of hydrogen-bond donors (Lipinski definition) is 0. The van der Waals surface area contributed by atoms with E-state index in [0.29, 0.717) is 5.82 Å². The molecule has 0 saturated carbocycles. The van der Waals surface area contributed by atoms with Crippen LogP contribution in [0.25, 0.3) is 117 Å². The van der Waals surface area contributed by atoms with Gasteiger partial charge in [0.1, 0.15) is 0 Å². The van der Waals surface area contributed by atoms with Crippen molar-refractivity contribution in [2.75, 3.05) is 0 Å². The molecule has 12 aromatic rings. The Morgan fingerprint density at radius 2 is 0.672 bits per heavy atom. The molecule has 12 rings (SSSR count). The standard InChI is InChI=1S/C64H43N3/c1-6-18-44(19-7-1)46-30-34-48(35-31-46)59-43-60(66-64(65-59)51-24-12-4-13-25-51)49-36-32-47(33-37-49)56-41-53(45-20-8-2-9-21-45)42-57(63(56)50-22-10-3-11-23-50)52-38-39-62-58(40-52)55-28-16-17-29-61(55)67(62)54-26-14-5-15-27-54/h1-43H. The van der Waals surface area contributed by atoms with Crippen molar-refractivity contribution in [2.45, 2.75) is 0 Å². The van der Waals surface area contributed by atoms with Crippen LogP contribution < -0.4 is 0 Å².